The molecule has 0 aliphatic rings. The molecule has 152 valence electrons. The van der Waals surface area contributed by atoms with Crippen LogP contribution in [0.4, 0.5) is 5.69 Å². The van der Waals surface area contributed by atoms with Gasteiger partial charge in [-0.05, 0) is 29.7 Å². The minimum Gasteiger partial charge on any atom is -0.548 e. The Hall–Kier alpha value is -2.77. The number of aromatic nitrogens is 2. The van der Waals surface area contributed by atoms with Crippen LogP contribution in [-0.4, -0.2) is 26.4 Å². The van der Waals surface area contributed by atoms with Gasteiger partial charge in [0.1, 0.15) is 0 Å². The number of aliphatic carboxylic acids is 1. The minimum absolute atomic E-state index is 0.0658. The number of carbonyl (C=O) groups excluding carboxylic acids is 1. The number of hydrogen-bond acceptors (Lipinski definition) is 6. The molecule has 0 fully saturated rings. The van der Waals surface area contributed by atoms with Gasteiger partial charge in [-0.3, -0.25) is 0 Å². The smallest absolute Gasteiger partial charge is 0.168 e. The Morgan fingerprint density at radius 1 is 1.21 bits per heavy atom. The Morgan fingerprint density at radius 3 is 2.55 bits per heavy atom. The van der Waals surface area contributed by atoms with Crippen molar-refractivity contribution in [3.05, 3.63) is 77.6 Å². The monoisotopic (exact) mass is 410 g/mol. The number of carbonyl (C=O) groups is 1. The lowest BCUT2D eigenvalue weighted by molar-refractivity contribution is -0.307. The molecule has 1 aromatic heterocycles. The van der Waals surface area contributed by atoms with Crippen molar-refractivity contribution >= 4 is 23.4 Å². The van der Waals surface area contributed by atoms with Crippen LogP contribution in [0.3, 0.4) is 0 Å². The predicted molar refractivity (Wildman–Crippen MR) is 113 cm³/mol. The van der Waals surface area contributed by atoms with E-state index in [0.717, 1.165) is 28.6 Å². The summed E-state index contributed by atoms with van der Waals surface area (Å²) >= 11 is 1.67. The van der Waals surface area contributed by atoms with Crippen LogP contribution in [0.2, 0.25) is 0 Å². The van der Waals surface area contributed by atoms with Gasteiger partial charge in [0.15, 0.2) is 5.16 Å². The molecule has 7 heteroatoms. The van der Waals surface area contributed by atoms with Crippen LogP contribution in [0.25, 0.3) is 0 Å². The lowest BCUT2D eigenvalue weighted by atomic mass is 10.1. The number of thioether (sulfide) groups is 1. The summed E-state index contributed by atoms with van der Waals surface area (Å²) in [6.07, 6.45) is 2.76. The quantitative estimate of drug-likeness (QED) is 0.500. The van der Waals surface area contributed by atoms with Gasteiger partial charge in [0, 0.05) is 18.0 Å². The molecule has 2 N–H and O–H groups in total. The van der Waals surface area contributed by atoms with Crippen LogP contribution >= 0.6 is 11.8 Å². The Morgan fingerprint density at radius 2 is 1.93 bits per heavy atom. The number of benzene rings is 2. The summed E-state index contributed by atoms with van der Waals surface area (Å²) in [4.78, 5) is 16.0. The van der Waals surface area contributed by atoms with Gasteiger partial charge in [-0.15, -0.1) is 0 Å². The summed E-state index contributed by atoms with van der Waals surface area (Å²) in [5.41, 5.74) is 3.14. The van der Waals surface area contributed by atoms with E-state index in [0.29, 0.717) is 17.8 Å². The third-order valence-corrected chi connectivity index (χ3v) is 5.67. The van der Waals surface area contributed by atoms with Gasteiger partial charge in [-0.1, -0.05) is 61.2 Å². The number of nitrogens with zero attached hydrogens (tertiary/aromatic N) is 2. The molecule has 3 aromatic rings. The van der Waals surface area contributed by atoms with E-state index in [1.807, 2.05) is 34.9 Å². The second-order valence-corrected chi connectivity index (χ2v) is 7.69. The Balaban J connectivity index is 1.74. The Labute approximate surface area is 174 Å². The first-order chi connectivity index (χ1) is 14.1. The Bertz CT molecular complexity index is 926. The molecule has 1 unspecified atom stereocenters. The third-order valence-electron chi connectivity index (χ3n) is 4.47. The van der Waals surface area contributed by atoms with Crippen LogP contribution in [0, 0.1) is 0 Å². The van der Waals surface area contributed by atoms with Gasteiger partial charge >= 0.3 is 0 Å². The molecule has 0 aliphatic heterocycles. The standard InChI is InChI=1S/C22H25N3O3S/c1-2-12-29-22-23-13-19(15-26)25(22)14-16-8-10-18(11-9-16)24-20(21(27)28)17-6-4-3-5-7-17/h3-11,13,20,24,26H,2,12,14-15H2,1H3,(H,27,28)/p-1. The molecule has 6 nitrogen and oxygen atoms in total. The molecule has 0 radical (unpaired) electrons. The first kappa shape index (κ1) is 21.0. The largest absolute Gasteiger partial charge is 0.548 e. The highest BCUT2D eigenvalue weighted by Crippen LogP contribution is 2.23. The van der Waals surface area contributed by atoms with E-state index >= 15 is 0 Å². The molecule has 3 rings (SSSR count). The molecule has 0 saturated heterocycles. The molecular formula is C22H24N3O3S-. The Kier molecular flexibility index (Phi) is 7.32. The highest BCUT2D eigenvalue weighted by molar-refractivity contribution is 7.99. The van der Waals surface area contributed by atoms with Gasteiger partial charge in [0.25, 0.3) is 0 Å². The van der Waals surface area contributed by atoms with Crippen molar-refractivity contribution in [1.82, 2.24) is 9.55 Å². The SMILES string of the molecule is CCCSc1ncc(CO)n1Cc1ccc(NC(C(=O)[O-])c2ccccc2)cc1. The number of anilines is 1. The van der Waals surface area contributed by atoms with Crippen molar-refractivity contribution in [1.29, 1.82) is 0 Å². The number of imidazole rings is 1. The average Bonchev–Trinajstić information content (AvgIpc) is 3.13. The zero-order valence-corrected chi connectivity index (χ0v) is 17.1. The number of aliphatic hydroxyl groups is 1. The molecule has 1 heterocycles. The van der Waals surface area contributed by atoms with Gasteiger partial charge in [-0.25, -0.2) is 4.98 Å². The molecule has 0 amide bonds. The fraction of sp³-hybridized carbons (Fsp3) is 0.273. The molecular weight excluding hydrogens is 386 g/mol. The van der Waals surface area contributed by atoms with Crippen LogP contribution in [0.5, 0.6) is 0 Å². The van der Waals surface area contributed by atoms with E-state index < -0.39 is 12.0 Å². The van der Waals surface area contributed by atoms with E-state index in [9.17, 15) is 15.0 Å². The van der Waals surface area contributed by atoms with Crippen molar-refractivity contribution in [2.24, 2.45) is 0 Å². The van der Waals surface area contributed by atoms with Crippen molar-refractivity contribution in [2.45, 2.75) is 37.7 Å². The van der Waals surface area contributed by atoms with Gasteiger partial charge in [0.05, 0.1) is 30.5 Å². The zero-order valence-electron chi connectivity index (χ0n) is 16.2. The molecule has 0 bridgehead atoms. The molecule has 29 heavy (non-hydrogen) atoms. The summed E-state index contributed by atoms with van der Waals surface area (Å²) in [6.45, 7) is 2.64. The molecule has 0 spiro atoms. The van der Waals surface area contributed by atoms with Gasteiger partial charge in [0.2, 0.25) is 0 Å². The van der Waals surface area contributed by atoms with Gasteiger partial charge in [-0.2, -0.15) is 0 Å². The average molecular weight is 411 g/mol. The molecule has 0 saturated carbocycles. The maximum Gasteiger partial charge on any atom is 0.168 e. The second kappa shape index (κ2) is 10.1. The number of carboxylic acids is 1. The lowest BCUT2D eigenvalue weighted by Gasteiger charge is -2.21. The van der Waals surface area contributed by atoms with E-state index in [-0.39, 0.29) is 6.61 Å². The zero-order chi connectivity index (χ0) is 20.6. The fourth-order valence-corrected chi connectivity index (χ4v) is 3.83. The molecule has 1 atom stereocenters. The number of nitrogens with one attached hydrogen (secondary N) is 1. The fourth-order valence-electron chi connectivity index (χ4n) is 2.98. The first-order valence-corrected chi connectivity index (χ1v) is 10.5. The second-order valence-electron chi connectivity index (χ2n) is 6.63. The summed E-state index contributed by atoms with van der Waals surface area (Å²) in [6, 6.07) is 15.6. The summed E-state index contributed by atoms with van der Waals surface area (Å²) < 4.78 is 2.01. The van der Waals surface area contributed by atoms with E-state index in [4.69, 9.17) is 0 Å². The van der Waals surface area contributed by atoms with Crippen LogP contribution < -0.4 is 10.4 Å². The summed E-state index contributed by atoms with van der Waals surface area (Å²) in [5.74, 6) is -0.210. The highest BCUT2D eigenvalue weighted by Gasteiger charge is 2.13. The predicted octanol–water partition coefficient (Wildman–Crippen LogP) is 2.83. The summed E-state index contributed by atoms with van der Waals surface area (Å²) in [7, 11) is 0. The minimum atomic E-state index is -1.18. The van der Waals surface area contributed by atoms with Gasteiger partial charge < -0.3 is 24.9 Å². The van der Waals surface area contributed by atoms with Crippen molar-refractivity contribution in [3.8, 4) is 0 Å². The van der Waals surface area contributed by atoms with Crippen molar-refractivity contribution in [3.63, 3.8) is 0 Å². The molecule has 0 aliphatic carbocycles. The van der Waals surface area contributed by atoms with Crippen LogP contribution in [-0.2, 0) is 17.9 Å². The number of aliphatic hydroxyl groups excluding tert-OH is 1. The normalized spacial score (nSPS) is 11.9. The topological polar surface area (TPSA) is 90.2 Å². The van der Waals surface area contributed by atoms with E-state index in [2.05, 4.69) is 17.2 Å². The molecule has 2 aromatic carbocycles. The maximum atomic E-state index is 11.6. The third kappa shape index (κ3) is 5.40. The number of carboxylic acid groups (broad SMARTS) is 1. The summed E-state index contributed by atoms with van der Waals surface area (Å²) in [5, 5.41) is 25.1. The first-order valence-electron chi connectivity index (χ1n) is 9.51. The number of hydrogen-bond donors (Lipinski definition) is 2. The lowest BCUT2D eigenvalue weighted by Crippen LogP contribution is -2.34. The van der Waals surface area contributed by atoms with E-state index in [1.165, 1.54) is 0 Å². The van der Waals surface area contributed by atoms with Crippen molar-refractivity contribution in [2.75, 3.05) is 11.1 Å². The highest BCUT2D eigenvalue weighted by atomic mass is 32.2. The van der Waals surface area contributed by atoms with E-state index in [1.54, 1.807) is 42.2 Å². The van der Waals surface area contributed by atoms with Crippen LogP contribution in [0.1, 0.15) is 36.2 Å². The maximum absolute atomic E-state index is 11.6. The van der Waals surface area contributed by atoms with Crippen molar-refractivity contribution < 1.29 is 15.0 Å². The number of rotatable bonds is 10. The van der Waals surface area contributed by atoms with Crippen LogP contribution in [0.15, 0.2) is 66.0 Å².